The predicted octanol–water partition coefficient (Wildman–Crippen LogP) is 17.3. The van der Waals surface area contributed by atoms with Crippen LogP contribution in [0.15, 0.2) is 279 Å². The number of benzene rings is 11. The second-order valence-electron chi connectivity index (χ2n) is 18.7. The summed E-state index contributed by atoms with van der Waals surface area (Å²) in [5.41, 5.74) is 23.4. The highest BCUT2D eigenvalue weighted by molar-refractivity contribution is 5.99. The van der Waals surface area contributed by atoms with Gasteiger partial charge in [0.2, 0.25) is 0 Å². The van der Waals surface area contributed by atoms with Crippen molar-refractivity contribution in [3.05, 3.63) is 324 Å². The van der Waals surface area contributed by atoms with Gasteiger partial charge >= 0.3 is 0 Å². The van der Waals surface area contributed by atoms with Gasteiger partial charge in [0.25, 0.3) is 0 Å². The molecule has 3 aliphatic carbocycles. The van der Waals surface area contributed by atoms with E-state index in [-0.39, 0.29) is 0 Å². The van der Waals surface area contributed by atoms with Crippen molar-refractivity contribution < 1.29 is 0 Å². The van der Waals surface area contributed by atoms with Crippen LogP contribution in [0.5, 0.6) is 0 Å². The summed E-state index contributed by atoms with van der Waals surface area (Å²) in [6.07, 6.45) is 0. The standard InChI is InChI=1S/C68H46N2/c1-6-23-47(24-7-1)67(48-25-8-2-9-26-48)60-37-19-17-34-55(60)58-36-22-40-65(66(58)67)70(51-31-14-5-15-32-51)53-41-43-57-54-33-16-20-38-61(54)68(64(57)46-53)62-39-21-18-35-56(62)59-45-52(42-44-63(59)68)69(49-27-10-3-11-28-49)50-29-12-4-13-30-50/h1-46H. The van der Waals surface area contributed by atoms with Gasteiger partial charge in [0.1, 0.15) is 0 Å². The number of hydrogen-bond donors (Lipinski definition) is 0. The minimum Gasteiger partial charge on any atom is -0.310 e. The Morgan fingerprint density at radius 3 is 1.16 bits per heavy atom. The number of fused-ring (bicyclic) bond motifs is 13. The van der Waals surface area contributed by atoms with Crippen LogP contribution in [0.2, 0.25) is 0 Å². The summed E-state index contributed by atoms with van der Waals surface area (Å²) in [5, 5.41) is 0. The van der Waals surface area contributed by atoms with Crippen LogP contribution < -0.4 is 9.80 Å². The number of hydrogen-bond acceptors (Lipinski definition) is 2. The molecule has 2 heteroatoms. The zero-order valence-electron chi connectivity index (χ0n) is 38.5. The monoisotopic (exact) mass is 890 g/mol. The van der Waals surface area contributed by atoms with Crippen molar-refractivity contribution in [2.24, 2.45) is 0 Å². The van der Waals surface area contributed by atoms with Gasteiger partial charge in [-0.2, -0.15) is 0 Å². The third kappa shape index (κ3) is 5.62. The van der Waals surface area contributed by atoms with Crippen molar-refractivity contribution in [1.82, 2.24) is 0 Å². The summed E-state index contributed by atoms with van der Waals surface area (Å²) in [4.78, 5) is 4.91. The quantitative estimate of drug-likeness (QED) is 0.150. The first-order chi connectivity index (χ1) is 34.8. The van der Waals surface area contributed by atoms with E-state index in [0.717, 1.165) is 34.1 Å². The third-order valence-electron chi connectivity index (χ3n) is 15.3. The van der Waals surface area contributed by atoms with Crippen molar-refractivity contribution in [1.29, 1.82) is 0 Å². The van der Waals surface area contributed by atoms with E-state index >= 15 is 0 Å². The first kappa shape index (κ1) is 40.1. The number of nitrogens with zero attached hydrogens (tertiary/aromatic N) is 2. The van der Waals surface area contributed by atoms with Crippen LogP contribution in [0.25, 0.3) is 33.4 Å². The molecule has 0 radical (unpaired) electrons. The molecule has 11 aromatic carbocycles. The highest BCUT2D eigenvalue weighted by Gasteiger charge is 2.53. The Morgan fingerprint density at radius 2 is 0.600 bits per heavy atom. The molecule has 3 aliphatic rings. The summed E-state index contributed by atoms with van der Waals surface area (Å²) in [6, 6.07) is 103. The van der Waals surface area contributed by atoms with Gasteiger partial charge in [0.15, 0.2) is 0 Å². The van der Waals surface area contributed by atoms with Gasteiger partial charge in [-0.15, -0.1) is 0 Å². The molecule has 328 valence electrons. The maximum absolute atomic E-state index is 2.53. The lowest BCUT2D eigenvalue weighted by Crippen LogP contribution is -2.30. The molecule has 1 spiro atoms. The fourth-order valence-electron chi connectivity index (χ4n) is 12.7. The van der Waals surface area contributed by atoms with Crippen molar-refractivity contribution >= 4 is 34.1 Å². The molecule has 11 aromatic rings. The molecule has 0 heterocycles. The van der Waals surface area contributed by atoms with Crippen LogP contribution in [0.4, 0.5) is 34.1 Å². The average molecular weight is 891 g/mol. The van der Waals surface area contributed by atoms with E-state index in [1.54, 1.807) is 0 Å². The van der Waals surface area contributed by atoms with Crippen molar-refractivity contribution in [2.45, 2.75) is 10.8 Å². The van der Waals surface area contributed by atoms with Crippen molar-refractivity contribution in [3.63, 3.8) is 0 Å². The second-order valence-corrected chi connectivity index (χ2v) is 18.7. The Balaban J connectivity index is 1.03. The smallest absolute Gasteiger partial charge is 0.0734 e. The molecule has 2 nitrogen and oxygen atoms in total. The van der Waals surface area contributed by atoms with E-state index < -0.39 is 10.8 Å². The molecule has 0 aliphatic heterocycles. The van der Waals surface area contributed by atoms with Crippen molar-refractivity contribution in [2.75, 3.05) is 9.80 Å². The molecule has 0 bridgehead atoms. The van der Waals surface area contributed by atoms with Gasteiger partial charge in [0, 0.05) is 34.0 Å². The van der Waals surface area contributed by atoms with Gasteiger partial charge < -0.3 is 9.80 Å². The van der Waals surface area contributed by atoms with E-state index in [1.807, 2.05) is 0 Å². The Kier molecular flexibility index (Phi) is 9.06. The first-order valence-corrected chi connectivity index (χ1v) is 24.3. The molecule has 70 heavy (non-hydrogen) atoms. The van der Waals surface area contributed by atoms with Crippen LogP contribution in [0, 0.1) is 0 Å². The fraction of sp³-hybridized carbons (Fsp3) is 0.0294. The predicted molar refractivity (Wildman–Crippen MR) is 289 cm³/mol. The van der Waals surface area contributed by atoms with Crippen LogP contribution in [0.3, 0.4) is 0 Å². The Labute approximate surface area is 409 Å². The fourth-order valence-corrected chi connectivity index (χ4v) is 12.7. The molecule has 0 N–H and O–H groups in total. The highest BCUT2D eigenvalue weighted by atomic mass is 15.2. The van der Waals surface area contributed by atoms with Crippen LogP contribution in [-0.4, -0.2) is 0 Å². The van der Waals surface area contributed by atoms with E-state index in [2.05, 4.69) is 289 Å². The van der Waals surface area contributed by atoms with Gasteiger partial charge in [-0.05, 0) is 139 Å². The molecular weight excluding hydrogens is 845 g/mol. The maximum atomic E-state index is 2.53. The number of rotatable bonds is 8. The minimum absolute atomic E-state index is 0.564. The highest BCUT2D eigenvalue weighted by Crippen LogP contribution is 2.65. The van der Waals surface area contributed by atoms with Crippen LogP contribution >= 0.6 is 0 Å². The van der Waals surface area contributed by atoms with Gasteiger partial charge in [-0.3, -0.25) is 0 Å². The average Bonchev–Trinajstić information content (AvgIpc) is 4.03. The first-order valence-electron chi connectivity index (χ1n) is 24.3. The second kappa shape index (κ2) is 15.8. The summed E-state index contributed by atoms with van der Waals surface area (Å²) >= 11 is 0. The van der Waals surface area contributed by atoms with Gasteiger partial charge in [0.05, 0.1) is 16.5 Å². The zero-order chi connectivity index (χ0) is 46.2. The molecule has 1 unspecified atom stereocenters. The summed E-state index contributed by atoms with van der Waals surface area (Å²) in [6.45, 7) is 0. The van der Waals surface area contributed by atoms with Gasteiger partial charge in [-0.1, -0.05) is 212 Å². The molecule has 0 fully saturated rings. The van der Waals surface area contributed by atoms with Crippen LogP contribution in [-0.2, 0) is 10.8 Å². The van der Waals surface area contributed by atoms with E-state index in [1.165, 1.54) is 77.9 Å². The summed E-state index contributed by atoms with van der Waals surface area (Å²) in [7, 11) is 0. The molecule has 0 saturated heterocycles. The third-order valence-corrected chi connectivity index (χ3v) is 15.3. The minimum atomic E-state index is -0.597. The molecule has 0 amide bonds. The Hall–Kier alpha value is -8.98. The molecule has 0 saturated carbocycles. The largest absolute Gasteiger partial charge is 0.310 e. The van der Waals surface area contributed by atoms with E-state index in [9.17, 15) is 0 Å². The van der Waals surface area contributed by atoms with Gasteiger partial charge in [-0.25, -0.2) is 0 Å². The summed E-state index contributed by atoms with van der Waals surface area (Å²) < 4.78 is 0. The van der Waals surface area contributed by atoms with Crippen molar-refractivity contribution in [3.8, 4) is 33.4 Å². The lowest BCUT2D eigenvalue weighted by molar-refractivity contribution is 0.767. The molecule has 14 rings (SSSR count). The van der Waals surface area contributed by atoms with E-state index in [0.29, 0.717) is 0 Å². The normalized spacial score (nSPS) is 15.0. The Morgan fingerprint density at radius 1 is 0.214 bits per heavy atom. The molecular formula is C68H46N2. The maximum Gasteiger partial charge on any atom is 0.0734 e. The topological polar surface area (TPSA) is 6.48 Å². The van der Waals surface area contributed by atoms with Crippen LogP contribution in [0.1, 0.15) is 44.5 Å². The molecule has 0 aromatic heterocycles. The number of para-hydroxylation sites is 3. The lowest BCUT2D eigenvalue weighted by atomic mass is 9.67. The number of anilines is 6. The Bertz CT molecular complexity index is 3690. The lowest BCUT2D eigenvalue weighted by Gasteiger charge is -2.38. The summed E-state index contributed by atoms with van der Waals surface area (Å²) in [5.74, 6) is 0. The molecule has 1 atom stereocenters. The van der Waals surface area contributed by atoms with E-state index in [4.69, 9.17) is 0 Å². The zero-order valence-corrected chi connectivity index (χ0v) is 38.5. The SMILES string of the molecule is c1ccc(N(c2ccccc2)c2ccc3c(c2)-c2ccccc2C32c3ccccc3-c3ccc(N(c4ccccc4)c4cccc5c4C(c4ccccc4)(c4ccccc4)c4ccccc4-5)cc32)cc1.